The normalized spacial score (nSPS) is 25.8. The molecule has 0 saturated carbocycles. The number of ether oxygens (including phenoxy) is 3. The Morgan fingerprint density at radius 3 is 2.19 bits per heavy atom. The zero-order chi connectivity index (χ0) is 26.6. The molecule has 6 atom stereocenters. The average molecular weight is 515 g/mol. The van der Waals surface area contributed by atoms with Gasteiger partial charge in [-0.25, -0.2) is 0 Å². The monoisotopic (exact) mass is 514 g/mol. The molecular weight excluding hydrogens is 468 g/mol. The van der Waals surface area contributed by atoms with Crippen LogP contribution in [0.3, 0.4) is 0 Å². The summed E-state index contributed by atoms with van der Waals surface area (Å²) in [5.74, 6) is -0.400. The van der Waals surface area contributed by atoms with Crippen LogP contribution in [0.15, 0.2) is 36.5 Å². The molecule has 208 valence electrons. The minimum Gasteiger partial charge on any atom is -0.463 e. The van der Waals surface area contributed by atoms with E-state index in [1.807, 2.05) is 0 Å². The van der Waals surface area contributed by atoms with Gasteiger partial charge in [-0.2, -0.15) is 0 Å². The summed E-state index contributed by atoms with van der Waals surface area (Å²) in [6.07, 6.45) is 14.3. The number of hydrogen-bond donors (Lipinski definition) is 5. The molecule has 0 bridgehead atoms. The van der Waals surface area contributed by atoms with Crippen LogP contribution >= 0.6 is 0 Å². The first-order valence-corrected chi connectivity index (χ1v) is 13.1. The molecule has 1 aliphatic rings. The Hall–Kier alpha value is -1.59. The van der Waals surface area contributed by atoms with E-state index in [2.05, 4.69) is 43.4 Å². The average Bonchev–Trinajstić information content (AvgIpc) is 2.88. The largest absolute Gasteiger partial charge is 0.463 e. The van der Waals surface area contributed by atoms with Crippen LogP contribution < -0.4 is 0 Å². The van der Waals surface area contributed by atoms with E-state index in [4.69, 9.17) is 19.3 Å². The van der Waals surface area contributed by atoms with Crippen molar-refractivity contribution in [1.82, 2.24) is 0 Å². The molecule has 0 aromatic heterocycles. The first kappa shape index (κ1) is 32.4. The van der Waals surface area contributed by atoms with Gasteiger partial charge in [0.15, 0.2) is 6.29 Å². The van der Waals surface area contributed by atoms with Gasteiger partial charge in [0.1, 0.15) is 37.1 Å². The molecule has 0 aliphatic carbocycles. The van der Waals surface area contributed by atoms with E-state index in [1.54, 1.807) is 0 Å². The highest BCUT2D eigenvalue weighted by atomic mass is 16.7. The van der Waals surface area contributed by atoms with Gasteiger partial charge in [0, 0.05) is 6.42 Å². The zero-order valence-electron chi connectivity index (χ0n) is 21.5. The van der Waals surface area contributed by atoms with Crippen molar-refractivity contribution in [2.45, 2.75) is 108 Å². The van der Waals surface area contributed by atoms with E-state index < -0.39 is 49.4 Å². The Balaban J connectivity index is 2.02. The fourth-order valence-electron chi connectivity index (χ4n) is 3.61. The zero-order valence-corrected chi connectivity index (χ0v) is 21.5. The van der Waals surface area contributed by atoms with Crippen molar-refractivity contribution in [3.63, 3.8) is 0 Å². The lowest BCUT2D eigenvalue weighted by Crippen LogP contribution is -2.59. The van der Waals surface area contributed by atoms with Gasteiger partial charge >= 0.3 is 5.97 Å². The van der Waals surface area contributed by atoms with Crippen LogP contribution in [0.4, 0.5) is 0 Å². The van der Waals surface area contributed by atoms with Gasteiger partial charge in [-0.05, 0) is 38.5 Å². The van der Waals surface area contributed by atoms with Crippen molar-refractivity contribution < 1.29 is 44.5 Å². The van der Waals surface area contributed by atoms with Crippen LogP contribution in [0.1, 0.15) is 71.1 Å². The van der Waals surface area contributed by atoms with Crippen LogP contribution in [-0.4, -0.2) is 88.1 Å². The highest BCUT2D eigenvalue weighted by Gasteiger charge is 2.44. The molecule has 9 nitrogen and oxygen atoms in total. The van der Waals surface area contributed by atoms with Crippen molar-refractivity contribution in [1.29, 1.82) is 0 Å². The number of hydrogen-bond acceptors (Lipinski definition) is 9. The predicted molar refractivity (Wildman–Crippen MR) is 136 cm³/mol. The van der Waals surface area contributed by atoms with Gasteiger partial charge in [-0.3, -0.25) is 4.79 Å². The summed E-state index contributed by atoms with van der Waals surface area (Å²) in [5.41, 5.74) is 0. The Bertz CT molecular complexity index is 647. The van der Waals surface area contributed by atoms with Crippen LogP contribution in [0.2, 0.25) is 0 Å². The van der Waals surface area contributed by atoms with Crippen LogP contribution in [0.25, 0.3) is 0 Å². The fraction of sp³-hybridized carbons (Fsp3) is 0.741. The first-order valence-electron chi connectivity index (χ1n) is 13.1. The van der Waals surface area contributed by atoms with Crippen molar-refractivity contribution >= 4 is 5.97 Å². The second-order valence-corrected chi connectivity index (χ2v) is 8.97. The third-order valence-corrected chi connectivity index (χ3v) is 5.77. The Labute approximate surface area is 215 Å². The smallest absolute Gasteiger partial charge is 0.305 e. The molecule has 0 amide bonds. The fourth-order valence-corrected chi connectivity index (χ4v) is 3.61. The molecule has 5 N–H and O–H groups in total. The van der Waals surface area contributed by atoms with Gasteiger partial charge < -0.3 is 39.7 Å². The molecule has 1 saturated heterocycles. The number of unbranched alkanes of at least 4 members (excludes halogenated alkanes) is 5. The summed E-state index contributed by atoms with van der Waals surface area (Å²) in [4.78, 5) is 11.9. The van der Waals surface area contributed by atoms with E-state index in [9.17, 15) is 25.2 Å². The summed E-state index contributed by atoms with van der Waals surface area (Å²) in [6.45, 7) is 0.964. The van der Waals surface area contributed by atoms with E-state index in [0.29, 0.717) is 0 Å². The summed E-state index contributed by atoms with van der Waals surface area (Å²) in [7, 11) is 0. The molecule has 0 radical (unpaired) electrons. The highest BCUT2D eigenvalue weighted by molar-refractivity contribution is 5.69. The standard InChI is InChI=1S/C27H46O9/c1-2-3-4-5-6-7-8-9-10-11-12-13-14-15-16-17-23(30)34-19-21(29)20-35-27-26(33)25(32)24(31)22(18-28)36-27/h3-4,6-7,9-10,21-22,24-29,31-33H,2,5,8,11-20H2,1H3/b4-3+,7-6+,10-9+/t21?,22-,24+,25+,26-,27-/m1/s1. The van der Waals surface area contributed by atoms with Crippen LogP contribution in [0.5, 0.6) is 0 Å². The molecule has 0 spiro atoms. The van der Waals surface area contributed by atoms with Gasteiger partial charge in [0.2, 0.25) is 0 Å². The molecule has 0 aromatic carbocycles. The molecule has 0 aromatic rings. The maximum Gasteiger partial charge on any atom is 0.305 e. The van der Waals surface area contributed by atoms with Crippen molar-refractivity contribution in [2.24, 2.45) is 0 Å². The van der Waals surface area contributed by atoms with Gasteiger partial charge in [0.05, 0.1) is 13.2 Å². The van der Waals surface area contributed by atoms with Gasteiger partial charge in [-0.1, -0.05) is 62.6 Å². The maximum atomic E-state index is 11.9. The number of aliphatic hydroxyl groups is 5. The van der Waals surface area contributed by atoms with Crippen LogP contribution in [0, 0.1) is 0 Å². The number of carbonyl (C=O) groups excluding carboxylic acids is 1. The number of carbonyl (C=O) groups is 1. The molecular formula is C27H46O9. The SMILES string of the molecule is CC/C=C/C/C=C/C/C=C/CCCCCCCC(=O)OCC(O)CO[C@@H]1O[C@H](CO)[C@H](O)[C@H](O)[C@H]1O. The van der Waals surface area contributed by atoms with E-state index in [0.717, 1.165) is 57.8 Å². The minimum absolute atomic E-state index is 0.271. The minimum atomic E-state index is -1.56. The second-order valence-electron chi connectivity index (χ2n) is 8.97. The lowest BCUT2D eigenvalue weighted by molar-refractivity contribution is -0.305. The molecule has 1 fully saturated rings. The molecule has 36 heavy (non-hydrogen) atoms. The summed E-state index contributed by atoms with van der Waals surface area (Å²) < 4.78 is 15.5. The number of aliphatic hydroxyl groups excluding tert-OH is 5. The van der Waals surface area contributed by atoms with Crippen LogP contribution in [-0.2, 0) is 19.0 Å². The number of rotatable bonds is 19. The molecule has 9 heteroatoms. The molecule has 1 aliphatic heterocycles. The van der Waals surface area contributed by atoms with E-state index >= 15 is 0 Å². The third kappa shape index (κ3) is 14.2. The quantitative estimate of drug-likeness (QED) is 0.0995. The van der Waals surface area contributed by atoms with Crippen molar-refractivity contribution in [3.05, 3.63) is 36.5 Å². The van der Waals surface area contributed by atoms with E-state index in [-0.39, 0.29) is 19.6 Å². The Kier molecular flexibility index (Phi) is 18.4. The van der Waals surface area contributed by atoms with Gasteiger partial charge in [-0.15, -0.1) is 0 Å². The predicted octanol–water partition coefficient (Wildman–Crippen LogP) is 2.30. The summed E-state index contributed by atoms with van der Waals surface area (Å²) >= 11 is 0. The molecule has 1 heterocycles. The number of allylic oxidation sites excluding steroid dienone is 6. The van der Waals surface area contributed by atoms with E-state index in [1.165, 1.54) is 0 Å². The Morgan fingerprint density at radius 1 is 0.861 bits per heavy atom. The van der Waals surface area contributed by atoms with Crippen molar-refractivity contribution in [2.75, 3.05) is 19.8 Å². The lowest BCUT2D eigenvalue weighted by Gasteiger charge is -2.39. The first-order chi connectivity index (χ1) is 17.4. The second kappa shape index (κ2) is 20.5. The third-order valence-electron chi connectivity index (χ3n) is 5.77. The lowest BCUT2D eigenvalue weighted by atomic mass is 9.99. The molecule has 1 rings (SSSR count). The number of esters is 1. The van der Waals surface area contributed by atoms with Gasteiger partial charge in [0.25, 0.3) is 0 Å². The summed E-state index contributed by atoms with van der Waals surface area (Å²) in [5, 5.41) is 48.5. The Morgan fingerprint density at radius 2 is 1.50 bits per heavy atom. The summed E-state index contributed by atoms with van der Waals surface area (Å²) in [6, 6.07) is 0. The topological polar surface area (TPSA) is 146 Å². The highest BCUT2D eigenvalue weighted by Crippen LogP contribution is 2.22. The molecule has 1 unspecified atom stereocenters. The maximum absolute atomic E-state index is 11.9. The van der Waals surface area contributed by atoms with Crippen molar-refractivity contribution in [3.8, 4) is 0 Å².